The minimum Gasteiger partial charge on any atom is -0.508 e. The van der Waals surface area contributed by atoms with E-state index in [9.17, 15) is 5.11 Å². The zero-order valence-corrected chi connectivity index (χ0v) is 23.8. The van der Waals surface area contributed by atoms with Crippen LogP contribution >= 0.6 is 0 Å². The van der Waals surface area contributed by atoms with Gasteiger partial charge in [-0.3, -0.25) is 0 Å². The van der Waals surface area contributed by atoms with Gasteiger partial charge in [-0.2, -0.15) is 0 Å². The molecule has 0 heterocycles. The van der Waals surface area contributed by atoms with Gasteiger partial charge in [0.2, 0.25) is 0 Å². The quantitative estimate of drug-likeness (QED) is 0.273. The first-order valence-corrected chi connectivity index (χ1v) is 13.8. The van der Waals surface area contributed by atoms with E-state index in [1.807, 2.05) is 6.07 Å². The Morgan fingerprint density at radius 3 is 1.24 bits per heavy atom. The van der Waals surface area contributed by atoms with E-state index in [1.165, 1.54) is 44.5 Å². The van der Waals surface area contributed by atoms with E-state index in [2.05, 4.69) is 128 Å². The maximum atomic E-state index is 11.7. The zero-order valence-electron chi connectivity index (χ0n) is 23.8. The van der Waals surface area contributed by atoms with Crippen LogP contribution in [0.1, 0.15) is 101 Å². The number of benzene rings is 4. The van der Waals surface area contributed by atoms with Crippen LogP contribution in [0.4, 0.5) is 0 Å². The Kier molecular flexibility index (Phi) is 7.93. The van der Waals surface area contributed by atoms with E-state index in [1.54, 1.807) is 0 Å². The molecule has 0 aliphatic carbocycles. The summed E-state index contributed by atoms with van der Waals surface area (Å²) in [6.45, 7) is 17.9. The summed E-state index contributed by atoms with van der Waals surface area (Å²) >= 11 is 0. The molecule has 1 N–H and O–H groups in total. The molecule has 0 bridgehead atoms. The van der Waals surface area contributed by atoms with Crippen molar-refractivity contribution in [1.29, 1.82) is 0 Å². The summed E-state index contributed by atoms with van der Waals surface area (Å²) in [6, 6.07) is 28.3. The summed E-state index contributed by atoms with van der Waals surface area (Å²) in [5.74, 6) is 1.63. The fourth-order valence-electron chi connectivity index (χ4n) is 5.74. The molecular weight excluding hydrogens is 448 g/mol. The lowest BCUT2D eigenvalue weighted by atomic mass is 9.76. The van der Waals surface area contributed by atoms with Gasteiger partial charge >= 0.3 is 0 Å². The highest BCUT2D eigenvalue weighted by molar-refractivity contribution is 6.00. The monoisotopic (exact) mass is 490 g/mol. The molecular formula is C36H42O. The van der Waals surface area contributed by atoms with E-state index in [-0.39, 0.29) is 5.92 Å². The summed E-state index contributed by atoms with van der Waals surface area (Å²) in [7, 11) is 0. The molecule has 0 aliphatic rings. The fraction of sp³-hybridized carbons (Fsp3) is 0.333. The highest BCUT2D eigenvalue weighted by atomic mass is 16.3. The first-order valence-electron chi connectivity index (χ1n) is 13.8. The second-order valence-electron chi connectivity index (χ2n) is 11.5. The van der Waals surface area contributed by atoms with Crippen LogP contribution in [0, 0.1) is 0 Å². The Morgan fingerprint density at radius 2 is 0.811 bits per heavy atom. The van der Waals surface area contributed by atoms with Crippen molar-refractivity contribution in [1.82, 2.24) is 0 Å². The smallest absolute Gasteiger partial charge is 0.120 e. The molecule has 4 aromatic rings. The third-order valence-electron chi connectivity index (χ3n) is 7.50. The minimum atomic E-state index is 0.162. The molecule has 4 rings (SSSR count). The first kappa shape index (κ1) is 26.7. The summed E-state index contributed by atoms with van der Waals surface area (Å²) in [5, 5.41) is 11.7. The third-order valence-corrected chi connectivity index (χ3v) is 7.50. The average Bonchev–Trinajstić information content (AvgIpc) is 2.87. The topological polar surface area (TPSA) is 20.2 Å². The lowest BCUT2D eigenvalue weighted by molar-refractivity contribution is 0.465. The van der Waals surface area contributed by atoms with Crippen LogP contribution in [0.3, 0.4) is 0 Å². The van der Waals surface area contributed by atoms with Crippen molar-refractivity contribution in [3.63, 3.8) is 0 Å². The van der Waals surface area contributed by atoms with Crippen LogP contribution in [0.25, 0.3) is 33.4 Å². The van der Waals surface area contributed by atoms with E-state index in [0.29, 0.717) is 23.5 Å². The standard InChI is InChI=1S/C36H42O/c1-22(2)26-15-9-12-18-29(26)32-21-33(37)34(25(7)8)36(31-20-14-11-17-28(31)24(5)6)35(32)30-19-13-10-16-27(30)23(3)4/h9-25,37H,1-8H3. The lowest BCUT2D eigenvalue weighted by Gasteiger charge is -2.28. The first-order chi connectivity index (χ1) is 17.6. The second-order valence-corrected chi connectivity index (χ2v) is 11.5. The van der Waals surface area contributed by atoms with Gasteiger partial charge in [-0.25, -0.2) is 0 Å². The second kappa shape index (κ2) is 11.0. The molecule has 0 amide bonds. The molecule has 4 aromatic carbocycles. The molecule has 1 heteroatoms. The number of rotatable bonds is 7. The molecule has 37 heavy (non-hydrogen) atoms. The van der Waals surface area contributed by atoms with E-state index >= 15 is 0 Å². The molecule has 0 radical (unpaired) electrons. The normalized spacial score (nSPS) is 11.8. The van der Waals surface area contributed by atoms with E-state index in [0.717, 1.165) is 11.1 Å². The predicted octanol–water partition coefficient (Wildman–Crippen LogP) is 10.9. The Bertz CT molecular complexity index is 1390. The van der Waals surface area contributed by atoms with Crippen LogP contribution < -0.4 is 0 Å². The molecule has 0 unspecified atom stereocenters. The Hall–Kier alpha value is -3.32. The molecule has 1 nitrogen and oxygen atoms in total. The van der Waals surface area contributed by atoms with Crippen LogP contribution in [0.5, 0.6) is 5.75 Å². The number of phenols is 1. The molecule has 192 valence electrons. The summed E-state index contributed by atoms with van der Waals surface area (Å²) in [6.07, 6.45) is 0. The van der Waals surface area contributed by atoms with Gasteiger partial charge in [0.15, 0.2) is 0 Å². The van der Waals surface area contributed by atoms with Gasteiger partial charge in [0.05, 0.1) is 0 Å². The summed E-state index contributed by atoms with van der Waals surface area (Å²) in [5.41, 5.74) is 12.1. The van der Waals surface area contributed by atoms with Gasteiger partial charge in [0.25, 0.3) is 0 Å². The van der Waals surface area contributed by atoms with Crippen molar-refractivity contribution in [2.75, 3.05) is 0 Å². The molecule has 0 atom stereocenters. The van der Waals surface area contributed by atoms with Gasteiger partial charge in [0, 0.05) is 5.56 Å². The summed E-state index contributed by atoms with van der Waals surface area (Å²) < 4.78 is 0. The molecule has 0 spiro atoms. The van der Waals surface area contributed by atoms with E-state index < -0.39 is 0 Å². The van der Waals surface area contributed by atoms with Crippen molar-refractivity contribution < 1.29 is 5.11 Å². The van der Waals surface area contributed by atoms with Gasteiger partial charge in [-0.15, -0.1) is 0 Å². The Labute approximate surface area is 224 Å². The lowest BCUT2D eigenvalue weighted by Crippen LogP contribution is -2.05. The van der Waals surface area contributed by atoms with Crippen molar-refractivity contribution in [2.24, 2.45) is 0 Å². The van der Waals surface area contributed by atoms with Gasteiger partial charge < -0.3 is 5.11 Å². The molecule has 0 aliphatic heterocycles. The van der Waals surface area contributed by atoms with Gasteiger partial charge in [0.1, 0.15) is 5.75 Å². The van der Waals surface area contributed by atoms with Crippen molar-refractivity contribution in [2.45, 2.75) is 79.1 Å². The van der Waals surface area contributed by atoms with E-state index in [4.69, 9.17) is 0 Å². The number of aromatic hydroxyl groups is 1. The predicted molar refractivity (Wildman–Crippen MR) is 161 cm³/mol. The van der Waals surface area contributed by atoms with Crippen LogP contribution in [-0.2, 0) is 0 Å². The summed E-state index contributed by atoms with van der Waals surface area (Å²) in [4.78, 5) is 0. The molecule has 0 aromatic heterocycles. The minimum absolute atomic E-state index is 0.162. The maximum absolute atomic E-state index is 11.7. The van der Waals surface area contributed by atoms with Crippen molar-refractivity contribution in [3.8, 4) is 39.1 Å². The Morgan fingerprint density at radius 1 is 0.432 bits per heavy atom. The van der Waals surface area contributed by atoms with Crippen molar-refractivity contribution in [3.05, 3.63) is 101 Å². The number of phenolic OH excluding ortho intramolecular Hbond substituents is 1. The largest absolute Gasteiger partial charge is 0.508 e. The van der Waals surface area contributed by atoms with Gasteiger partial charge in [-0.05, 0) is 79.8 Å². The highest BCUT2D eigenvalue weighted by Gasteiger charge is 2.27. The fourth-order valence-corrected chi connectivity index (χ4v) is 5.74. The van der Waals surface area contributed by atoms with Crippen molar-refractivity contribution >= 4 is 0 Å². The molecule has 0 saturated carbocycles. The van der Waals surface area contributed by atoms with Crippen LogP contribution in [-0.4, -0.2) is 5.11 Å². The highest BCUT2D eigenvalue weighted by Crippen LogP contribution is 2.51. The zero-order chi connectivity index (χ0) is 26.9. The molecule has 0 fully saturated rings. The molecule has 0 saturated heterocycles. The average molecular weight is 491 g/mol. The van der Waals surface area contributed by atoms with Gasteiger partial charge in [-0.1, -0.05) is 128 Å². The SMILES string of the molecule is CC(C)c1ccccc1-c1cc(O)c(C(C)C)c(-c2ccccc2C(C)C)c1-c1ccccc1C(C)C. The Balaban J connectivity index is 2.30. The third kappa shape index (κ3) is 5.10. The van der Waals surface area contributed by atoms with Crippen LogP contribution in [0.2, 0.25) is 0 Å². The van der Waals surface area contributed by atoms with Crippen LogP contribution in [0.15, 0.2) is 78.9 Å². The number of hydrogen-bond donors (Lipinski definition) is 1. The maximum Gasteiger partial charge on any atom is 0.120 e. The number of hydrogen-bond acceptors (Lipinski definition) is 1.